The van der Waals surface area contributed by atoms with E-state index in [1.165, 1.54) is 6.42 Å². The number of aromatic nitrogens is 4. The van der Waals surface area contributed by atoms with Crippen LogP contribution in [0.25, 0.3) is 11.2 Å². The summed E-state index contributed by atoms with van der Waals surface area (Å²) in [6.07, 6.45) is 5.96. The van der Waals surface area contributed by atoms with Crippen LogP contribution in [0.5, 0.6) is 0 Å². The van der Waals surface area contributed by atoms with E-state index in [9.17, 15) is 15.0 Å². The van der Waals surface area contributed by atoms with Gasteiger partial charge in [-0.3, -0.25) is 4.79 Å². The first-order valence-corrected chi connectivity index (χ1v) is 11.7. The number of carbonyl (C=O) groups excluding carboxylic acids is 1. The van der Waals surface area contributed by atoms with Crippen LogP contribution in [0.2, 0.25) is 0 Å². The van der Waals surface area contributed by atoms with Crippen molar-refractivity contribution in [3.05, 3.63) is 36.3 Å². The molecule has 10 heteroatoms. The van der Waals surface area contributed by atoms with Gasteiger partial charge in [-0.05, 0) is 55.6 Å². The molecule has 10 nitrogen and oxygen atoms in total. The van der Waals surface area contributed by atoms with Gasteiger partial charge in [-0.25, -0.2) is 15.0 Å². The molecule has 3 aromatic heterocycles. The Balaban J connectivity index is 1.29. The summed E-state index contributed by atoms with van der Waals surface area (Å²) in [6.45, 7) is 0. The number of carbonyl (C=O) groups is 1. The van der Waals surface area contributed by atoms with Gasteiger partial charge in [0, 0.05) is 19.0 Å². The Kier molecular flexibility index (Phi) is 3.87. The Bertz CT molecular complexity index is 1390. The van der Waals surface area contributed by atoms with Crippen molar-refractivity contribution in [3.8, 4) is 11.8 Å². The van der Waals surface area contributed by atoms with E-state index in [2.05, 4.69) is 37.4 Å². The minimum Gasteiger partial charge on any atom is -0.456 e. The number of hydrogen-bond donors (Lipinski definition) is 4. The molecule has 0 bridgehead atoms. The zero-order valence-electron chi connectivity index (χ0n) is 18.5. The quantitative estimate of drug-likeness (QED) is 0.420. The maximum absolute atomic E-state index is 12.4. The predicted molar refractivity (Wildman–Crippen MR) is 119 cm³/mol. The van der Waals surface area contributed by atoms with Gasteiger partial charge in [0.15, 0.2) is 22.7 Å². The van der Waals surface area contributed by atoms with Gasteiger partial charge in [-0.15, -0.1) is 0 Å². The van der Waals surface area contributed by atoms with Gasteiger partial charge in [0.1, 0.15) is 5.60 Å². The highest BCUT2D eigenvalue weighted by atomic mass is 16.4. The number of imidazole rings is 1. The molecule has 0 radical (unpaired) electrons. The fourth-order valence-corrected chi connectivity index (χ4v) is 6.27. The van der Waals surface area contributed by atoms with Crippen molar-refractivity contribution in [2.75, 3.05) is 12.4 Å². The van der Waals surface area contributed by atoms with Crippen LogP contribution in [-0.4, -0.2) is 60.4 Å². The molecule has 6 atom stereocenters. The van der Waals surface area contributed by atoms with Crippen LogP contribution in [0.3, 0.4) is 0 Å². The summed E-state index contributed by atoms with van der Waals surface area (Å²) in [5.41, 5.74) is -1.11. The largest absolute Gasteiger partial charge is 0.456 e. The number of fused-ring (bicyclic) bond motifs is 4. The van der Waals surface area contributed by atoms with E-state index in [1.54, 1.807) is 31.8 Å². The lowest BCUT2D eigenvalue weighted by Gasteiger charge is -2.27. The number of hydrogen-bond acceptors (Lipinski definition) is 8. The fourth-order valence-electron chi connectivity index (χ4n) is 6.27. The van der Waals surface area contributed by atoms with Crippen LogP contribution in [-0.2, 0) is 4.79 Å². The van der Waals surface area contributed by atoms with Crippen molar-refractivity contribution in [3.63, 3.8) is 0 Å². The molecule has 3 heterocycles. The Labute approximate surface area is 194 Å². The van der Waals surface area contributed by atoms with Crippen LogP contribution in [0.1, 0.15) is 43.3 Å². The third-order valence-electron chi connectivity index (χ3n) is 8.29. The smallest absolute Gasteiger partial charge is 0.229 e. The summed E-state index contributed by atoms with van der Waals surface area (Å²) in [7, 11) is 1.56. The van der Waals surface area contributed by atoms with E-state index in [4.69, 9.17) is 4.42 Å². The Morgan fingerprint density at radius 3 is 2.82 bits per heavy atom. The van der Waals surface area contributed by atoms with E-state index in [0.29, 0.717) is 41.0 Å². The van der Waals surface area contributed by atoms with Gasteiger partial charge in [0.2, 0.25) is 11.7 Å². The molecule has 0 aromatic carbocycles. The molecule has 0 saturated heterocycles. The fraction of sp³-hybridized carbons (Fsp3) is 0.500. The topological polar surface area (TPSA) is 138 Å². The highest BCUT2D eigenvalue weighted by Gasteiger charge is 2.91. The first-order valence-electron chi connectivity index (χ1n) is 11.7. The number of furan rings is 1. The number of aliphatic hydroxyl groups excluding tert-OH is 1. The first-order chi connectivity index (χ1) is 16.5. The number of nitrogens with one attached hydrogen (secondary N) is 2. The molecule has 4 aliphatic rings. The highest BCUT2D eigenvalue weighted by Crippen LogP contribution is 2.82. The van der Waals surface area contributed by atoms with E-state index < -0.39 is 23.2 Å². The van der Waals surface area contributed by atoms with Crippen LogP contribution < -0.4 is 10.6 Å². The number of nitrogens with zero attached hydrogens (tertiary/aromatic N) is 4. The van der Waals surface area contributed by atoms with Gasteiger partial charge in [-0.2, -0.15) is 0 Å². The SMILES string of the molecule is CNC(=O)C12CC1[C@H]1C(n3cnc4c(NC5CCC5)nc(C#Cc5ccco5)nc43)[C@@]1(O)[C@@H]2O. The Morgan fingerprint density at radius 2 is 2.18 bits per heavy atom. The number of anilines is 1. The molecule has 1 amide bonds. The van der Waals surface area contributed by atoms with Crippen molar-refractivity contribution in [2.24, 2.45) is 17.3 Å². The lowest BCUT2D eigenvalue weighted by Crippen LogP contribution is -2.45. The van der Waals surface area contributed by atoms with Gasteiger partial charge in [-0.1, -0.05) is 0 Å². The summed E-state index contributed by atoms with van der Waals surface area (Å²) in [5.74, 6) is 6.84. The molecule has 3 aromatic rings. The molecular formula is C24H24N6O4. The molecule has 4 fully saturated rings. The van der Waals surface area contributed by atoms with Crippen molar-refractivity contribution in [1.82, 2.24) is 24.8 Å². The lowest BCUT2D eigenvalue weighted by atomic mass is 9.93. The predicted octanol–water partition coefficient (Wildman–Crippen LogP) is 0.812. The Hall–Kier alpha value is -3.42. The molecule has 4 N–H and O–H groups in total. The third-order valence-corrected chi connectivity index (χ3v) is 8.29. The van der Waals surface area contributed by atoms with E-state index in [-0.39, 0.29) is 17.7 Å². The summed E-state index contributed by atoms with van der Waals surface area (Å²) < 4.78 is 7.12. The maximum Gasteiger partial charge on any atom is 0.229 e. The normalized spacial score (nSPS) is 35.0. The third kappa shape index (κ3) is 2.43. The standard InChI is InChI=1S/C24H24N6O4/c1-25-22(32)23-10-14(23)16-18(24(16,33)21(23)31)30-11-26-17-19(27-12-4-2-5-12)28-15(29-20(17)30)8-7-13-6-3-9-34-13/h3,6,9,11-12,14,16,18,21,31,33H,2,4-5,10H2,1H3,(H,25,32)(H,27,28,29)/t14?,16-,18?,21+,23?,24+/m0/s1. The summed E-state index contributed by atoms with van der Waals surface area (Å²) in [4.78, 5) is 26.3. The van der Waals surface area contributed by atoms with Crippen molar-refractivity contribution >= 4 is 22.9 Å². The van der Waals surface area contributed by atoms with Crippen molar-refractivity contribution < 1.29 is 19.4 Å². The summed E-state index contributed by atoms with van der Waals surface area (Å²) in [6, 6.07) is 3.46. The average molecular weight is 460 g/mol. The van der Waals surface area contributed by atoms with Crippen molar-refractivity contribution in [1.29, 1.82) is 0 Å². The van der Waals surface area contributed by atoms with E-state index in [0.717, 1.165) is 12.8 Å². The molecule has 0 aliphatic heterocycles. The highest BCUT2D eigenvalue weighted by molar-refractivity contribution is 5.89. The van der Waals surface area contributed by atoms with Crippen LogP contribution in [0.15, 0.2) is 29.1 Å². The molecule has 0 spiro atoms. The van der Waals surface area contributed by atoms with Crippen LogP contribution >= 0.6 is 0 Å². The molecule has 4 aliphatic carbocycles. The maximum atomic E-state index is 12.4. The van der Waals surface area contributed by atoms with E-state index >= 15 is 0 Å². The van der Waals surface area contributed by atoms with E-state index in [1.807, 2.05) is 4.57 Å². The average Bonchev–Trinajstić information content (AvgIpc) is 3.43. The molecule has 4 saturated carbocycles. The molecule has 174 valence electrons. The Morgan fingerprint density at radius 1 is 1.32 bits per heavy atom. The second kappa shape index (κ2) is 6.58. The van der Waals surface area contributed by atoms with Gasteiger partial charge >= 0.3 is 0 Å². The second-order valence-corrected chi connectivity index (χ2v) is 9.91. The first kappa shape index (κ1) is 20.0. The van der Waals surface area contributed by atoms with Gasteiger partial charge in [0.25, 0.3) is 0 Å². The number of rotatable bonds is 4. The second-order valence-electron chi connectivity index (χ2n) is 9.91. The zero-order chi connectivity index (χ0) is 23.2. The monoisotopic (exact) mass is 460 g/mol. The van der Waals surface area contributed by atoms with Gasteiger partial charge in [0.05, 0.1) is 30.2 Å². The lowest BCUT2D eigenvalue weighted by molar-refractivity contribution is -0.134. The van der Waals surface area contributed by atoms with Crippen molar-refractivity contribution in [2.45, 2.75) is 49.5 Å². The molecule has 3 unspecified atom stereocenters. The molecule has 7 rings (SSSR count). The minimum absolute atomic E-state index is 0.0671. The van der Waals surface area contributed by atoms with Crippen LogP contribution in [0.4, 0.5) is 5.82 Å². The summed E-state index contributed by atoms with van der Waals surface area (Å²) >= 11 is 0. The number of amides is 1. The van der Waals surface area contributed by atoms with Crippen LogP contribution in [0, 0.1) is 29.1 Å². The molecule has 34 heavy (non-hydrogen) atoms. The summed E-state index contributed by atoms with van der Waals surface area (Å²) in [5, 5.41) is 28.6. The van der Waals surface area contributed by atoms with Gasteiger partial charge < -0.3 is 29.8 Å². The number of aliphatic hydroxyl groups is 2. The minimum atomic E-state index is -1.38. The zero-order valence-corrected chi connectivity index (χ0v) is 18.5. The molecular weight excluding hydrogens is 436 g/mol.